The molecule has 3 nitrogen and oxygen atoms in total. The van der Waals surface area contributed by atoms with Gasteiger partial charge >= 0.3 is 0 Å². The van der Waals surface area contributed by atoms with Gasteiger partial charge in [0.25, 0.3) is 0 Å². The summed E-state index contributed by atoms with van der Waals surface area (Å²) in [6, 6.07) is 13.8. The Kier molecular flexibility index (Phi) is 6.28. The number of likely N-dealkylation sites (N-methyl/N-ethyl adjacent to an activating group) is 1. The fourth-order valence-corrected chi connectivity index (χ4v) is 2.54. The molecule has 0 fully saturated rings. The molecule has 0 saturated heterocycles. The number of aliphatic hydroxyl groups excluding tert-OH is 2. The molecule has 0 amide bonds. The maximum Gasteiger partial charge on any atom is 0.123 e. The third-order valence-electron chi connectivity index (χ3n) is 4.01. The zero-order chi connectivity index (χ0) is 16.8. The summed E-state index contributed by atoms with van der Waals surface area (Å²) in [6.07, 6.45) is -1.40. The van der Waals surface area contributed by atoms with Crippen LogP contribution in [0.25, 0.3) is 0 Å². The molecule has 0 spiro atoms. The summed E-state index contributed by atoms with van der Waals surface area (Å²) in [4.78, 5) is 1.96. The van der Waals surface area contributed by atoms with E-state index >= 15 is 0 Å². The van der Waals surface area contributed by atoms with Crippen LogP contribution in [0.3, 0.4) is 0 Å². The van der Waals surface area contributed by atoms with Gasteiger partial charge in [-0.2, -0.15) is 0 Å². The molecule has 0 aromatic heterocycles. The molecular weight excluding hydrogens is 293 g/mol. The maximum absolute atomic E-state index is 13.2. The summed E-state index contributed by atoms with van der Waals surface area (Å²) in [5.74, 6) is -0.357. The first-order chi connectivity index (χ1) is 11.0. The lowest BCUT2D eigenvalue weighted by Crippen LogP contribution is -2.32. The van der Waals surface area contributed by atoms with E-state index in [1.807, 2.05) is 43.0 Å². The average molecular weight is 317 g/mol. The van der Waals surface area contributed by atoms with Crippen LogP contribution in [-0.4, -0.2) is 34.7 Å². The molecule has 0 heterocycles. The molecule has 124 valence electrons. The van der Waals surface area contributed by atoms with Crippen molar-refractivity contribution in [3.8, 4) is 0 Å². The number of aliphatic hydroxyl groups is 2. The summed E-state index contributed by atoms with van der Waals surface area (Å²) >= 11 is 0. The van der Waals surface area contributed by atoms with Crippen molar-refractivity contribution in [2.45, 2.75) is 26.1 Å². The Bertz CT molecular complexity index is 615. The molecule has 4 heteroatoms. The summed E-state index contributed by atoms with van der Waals surface area (Å²) in [7, 11) is 0. The van der Waals surface area contributed by atoms with Crippen molar-refractivity contribution < 1.29 is 14.6 Å². The minimum Gasteiger partial charge on any atom is -0.387 e. The molecule has 0 saturated carbocycles. The number of halogens is 1. The van der Waals surface area contributed by atoms with E-state index in [9.17, 15) is 14.6 Å². The second-order valence-electron chi connectivity index (χ2n) is 5.85. The fourth-order valence-electron chi connectivity index (χ4n) is 2.54. The standard InChI is InChI=1S/C19H24FNO2/c1-3-21(12-18(22)15-9-7-14(2)8-10-15)13-19(23)16-5-4-6-17(20)11-16/h4-11,18-19,22-23H,3,12-13H2,1-2H3. The van der Waals surface area contributed by atoms with Gasteiger partial charge in [-0.1, -0.05) is 48.9 Å². The second kappa shape index (κ2) is 8.20. The number of nitrogens with zero attached hydrogens (tertiary/aromatic N) is 1. The number of hydrogen-bond acceptors (Lipinski definition) is 3. The van der Waals surface area contributed by atoms with Crippen LogP contribution in [0.4, 0.5) is 4.39 Å². The Morgan fingerprint density at radius 1 is 0.957 bits per heavy atom. The van der Waals surface area contributed by atoms with Gasteiger partial charge < -0.3 is 10.2 Å². The number of hydrogen-bond donors (Lipinski definition) is 2. The molecule has 0 bridgehead atoms. The van der Waals surface area contributed by atoms with Crippen molar-refractivity contribution in [3.63, 3.8) is 0 Å². The molecule has 0 aliphatic rings. The fraction of sp³-hybridized carbons (Fsp3) is 0.368. The molecular formula is C19H24FNO2. The number of benzene rings is 2. The Labute approximate surface area is 137 Å². The van der Waals surface area contributed by atoms with E-state index in [1.54, 1.807) is 12.1 Å². The van der Waals surface area contributed by atoms with E-state index in [-0.39, 0.29) is 5.82 Å². The van der Waals surface area contributed by atoms with Crippen LogP contribution in [0.2, 0.25) is 0 Å². The van der Waals surface area contributed by atoms with Gasteiger partial charge in [0.1, 0.15) is 5.82 Å². The topological polar surface area (TPSA) is 43.7 Å². The van der Waals surface area contributed by atoms with Crippen molar-refractivity contribution in [2.24, 2.45) is 0 Å². The van der Waals surface area contributed by atoms with Crippen LogP contribution in [0.15, 0.2) is 48.5 Å². The van der Waals surface area contributed by atoms with E-state index in [0.717, 1.165) is 11.1 Å². The predicted molar refractivity (Wildman–Crippen MR) is 89.6 cm³/mol. The van der Waals surface area contributed by atoms with Gasteiger partial charge in [-0.15, -0.1) is 0 Å². The lowest BCUT2D eigenvalue weighted by atomic mass is 10.1. The van der Waals surface area contributed by atoms with Crippen molar-refractivity contribution in [3.05, 3.63) is 71.0 Å². The maximum atomic E-state index is 13.2. The predicted octanol–water partition coefficient (Wildman–Crippen LogP) is 3.22. The van der Waals surface area contributed by atoms with E-state index in [1.165, 1.54) is 12.1 Å². The molecule has 2 rings (SSSR count). The number of rotatable bonds is 7. The highest BCUT2D eigenvalue weighted by molar-refractivity contribution is 5.23. The molecule has 0 radical (unpaired) electrons. The van der Waals surface area contributed by atoms with Crippen molar-refractivity contribution in [1.82, 2.24) is 4.90 Å². The Morgan fingerprint density at radius 2 is 1.57 bits per heavy atom. The molecule has 0 aliphatic carbocycles. The first kappa shape index (κ1) is 17.6. The average Bonchev–Trinajstić information content (AvgIpc) is 2.54. The van der Waals surface area contributed by atoms with E-state index in [0.29, 0.717) is 25.2 Å². The van der Waals surface area contributed by atoms with Gasteiger partial charge in [-0.05, 0) is 36.7 Å². The third-order valence-corrected chi connectivity index (χ3v) is 4.01. The summed E-state index contributed by atoms with van der Waals surface area (Å²) in [5.41, 5.74) is 2.55. The normalized spacial score (nSPS) is 14.0. The SMILES string of the molecule is CCN(CC(O)c1ccc(C)cc1)CC(O)c1cccc(F)c1. The van der Waals surface area contributed by atoms with Crippen LogP contribution >= 0.6 is 0 Å². The van der Waals surface area contributed by atoms with Crippen LogP contribution in [0.1, 0.15) is 35.8 Å². The Hall–Kier alpha value is -1.75. The summed E-state index contributed by atoms with van der Waals surface area (Å²) < 4.78 is 13.2. The lowest BCUT2D eigenvalue weighted by molar-refractivity contribution is 0.0717. The Morgan fingerprint density at radius 3 is 2.13 bits per heavy atom. The molecule has 2 aromatic rings. The highest BCUT2D eigenvalue weighted by Gasteiger charge is 2.17. The quantitative estimate of drug-likeness (QED) is 0.824. The highest BCUT2D eigenvalue weighted by Crippen LogP contribution is 2.19. The monoisotopic (exact) mass is 317 g/mol. The minimum absolute atomic E-state index is 0.350. The van der Waals surface area contributed by atoms with Crippen LogP contribution in [-0.2, 0) is 0 Å². The van der Waals surface area contributed by atoms with Gasteiger partial charge in [-0.25, -0.2) is 4.39 Å². The van der Waals surface area contributed by atoms with Crippen molar-refractivity contribution in [1.29, 1.82) is 0 Å². The molecule has 2 aromatic carbocycles. The molecule has 2 unspecified atom stereocenters. The Balaban J connectivity index is 1.98. The molecule has 2 atom stereocenters. The third kappa shape index (κ3) is 5.13. The lowest BCUT2D eigenvalue weighted by Gasteiger charge is -2.26. The van der Waals surface area contributed by atoms with Crippen LogP contribution < -0.4 is 0 Å². The van der Waals surface area contributed by atoms with Gasteiger partial charge in [0.15, 0.2) is 0 Å². The minimum atomic E-state index is -0.782. The van der Waals surface area contributed by atoms with E-state index < -0.39 is 12.2 Å². The van der Waals surface area contributed by atoms with Gasteiger partial charge in [0.05, 0.1) is 12.2 Å². The zero-order valence-electron chi connectivity index (χ0n) is 13.6. The van der Waals surface area contributed by atoms with Crippen molar-refractivity contribution >= 4 is 0 Å². The van der Waals surface area contributed by atoms with E-state index in [2.05, 4.69) is 0 Å². The van der Waals surface area contributed by atoms with E-state index in [4.69, 9.17) is 0 Å². The van der Waals surface area contributed by atoms with Crippen LogP contribution in [0, 0.1) is 12.7 Å². The largest absolute Gasteiger partial charge is 0.387 e. The second-order valence-corrected chi connectivity index (χ2v) is 5.85. The molecule has 23 heavy (non-hydrogen) atoms. The molecule has 2 N–H and O–H groups in total. The van der Waals surface area contributed by atoms with Crippen LogP contribution in [0.5, 0.6) is 0 Å². The smallest absolute Gasteiger partial charge is 0.123 e. The van der Waals surface area contributed by atoms with Gasteiger partial charge in [-0.3, -0.25) is 4.90 Å². The first-order valence-corrected chi connectivity index (χ1v) is 7.90. The molecule has 0 aliphatic heterocycles. The van der Waals surface area contributed by atoms with Crippen molar-refractivity contribution in [2.75, 3.05) is 19.6 Å². The van der Waals surface area contributed by atoms with Gasteiger partial charge in [0, 0.05) is 13.1 Å². The zero-order valence-corrected chi connectivity index (χ0v) is 13.6. The van der Waals surface area contributed by atoms with Gasteiger partial charge in [0.2, 0.25) is 0 Å². The highest BCUT2D eigenvalue weighted by atomic mass is 19.1. The first-order valence-electron chi connectivity index (χ1n) is 7.90. The summed E-state index contributed by atoms with van der Waals surface area (Å²) in [5, 5.41) is 20.6. The number of aryl methyl sites for hydroxylation is 1. The summed E-state index contributed by atoms with van der Waals surface area (Å²) in [6.45, 7) is 5.44.